The number of unbranched alkanes of at least 4 members (excludes halogenated alkanes) is 4. The van der Waals surface area contributed by atoms with Crippen LogP contribution in [0.25, 0.3) is 0 Å². The lowest BCUT2D eigenvalue weighted by atomic mass is 10.0. The number of carbonyl (C=O) groups excluding carboxylic acids is 3. The number of ether oxygens (including phenoxy) is 2. The molecular weight excluding hydrogens is 360 g/mol. The first-order chi connectivity index (χ1) is 13.1. The third-order valence-corrected chi connectivity index (χ3v) is 4.21. The van der Waals surface area contributed by atoms with Crippen molar-refractivity contribution in [2.75, 3.05) is 7.05 Å². The van der Waals surface area contributed by atoms with Crippen LogP contribution in [0.4, 0.5) is 4.79 Å². The Hall–Kier alpha value is -1.79. The molecule has 0 heterocycles. The third kappa shape index (κ3) is 14.3. The van der Waals surface area contributed by atoms with E-state index >= 15 is 0 Å². The zero-order valence-corrected chi connectivity index (χ0v) is 18.6. The Morgan fingerprint density at radius 2 is 1.57 bits per heavy atom. The first kappa shape index (κ1) is 26.2. The van der Waals surface area contributed by atoms with Crippen molar-refractivity contribution in [1.29, 1.82) is 0 Å². The first-order valence-electron chi connectivity index (χ1n) is 10.5. The number of alkyl carbamates (subject to hydrolysis) is 1. The van der Waals surface area contributed by atoms with Gasteiger partial charge >= 0.3 is 12.1 Å². The maximum Gasteiger partial charge on any atom is 0.408 e. The first-order valence-corrected chi connectivity index (χ1v) is 10.5. The molecule has 0 radical (unpaired) electrons. The molecule has 0 saturated heterocycles. The van der Waals surface area contributed by atoms with E-state index in [4.69, 9.17) is 9.47 Å². The van der Waals surface area contributed by atoms with Gasteiger partial charge < -0.3 is 20.1 Å². The predicted molar refractivity (Wildman–Crippen MR) is 110 cm³/mol. The summed E-state index contributed by atoms with van der Waals surface area (Å²) >= 11 is 0. The molecule has 0 aliphatic heterocycles. The standard InChI is InChI=1S/C21H40N2O5/c1-7-8-9-10-11-13-17(14-12-15-18(24)22-6)27-19(25)16(2)23-20(26)28-21(3,4)5/h16-17H,7-15H2,1-6H3,(H,22,24)(H,23,26)/t16-,17?/m0/s1. The summed E-state index contributed by atoms with van der Waals surface area (Å²) in [5, 5.41) is 5.11. The molecule has 0 aromatic rings. The molecule has 0 aliphatic rings. The average molecular weight is 401 g/mol. The molecule has 2 atom stereocenters. The molecule has 7 heteroatoms. The summed E-state index contributed by atoms with van der Waals surface area (Å²) in [6, 6.07) is -0.795. The summed E-state index contributed by atoms with van der Waals surface area (Å²) in [4.78, 5) is 35.6. The summed E-state index contributed by atoms with van der Waals surface area (Å²) < 4.78 is 10.8. The maximum atomic E-state index is 12.4. The molecule has 0 spiro atoms. The van der Waals surface area contributed by atoms with Gasteiger partial charge in [-0.05, 0) is 53.4 Å². The van der Waals surface area contributed by atoms with Crippen molar-refractivity contribution in [2.24, 2.45) is 0 Å². The van der Waals surface area contributed by atoms with E-state index in [1.165, 1.54) is 19.3 Å². The second kappa shape index (κ2) is 14.2. The van der Waals surface area contributed by atoms with Gasteiger partial charge in [0, 0.05) is 13.5 Å². The highest BCUT2D eigenvalue weighted by Gasteiger charge is 2.24. The van der Waals surface area contributed by atoms with Gasteiger partial charge in [0.15, 0.2) is 0 Å². The highest BCUT2D eigenvalue weighted by Crippen LogP contribution is 2.16. The molecular formula is C21H40N2O5. The lowest BCUT2D eigenvalue weighted by Crippen LogP contribution is -2.43. The molecule has 0 fully saturated rings. The Morgan fingerprint density at radius 3 is 2.14 bits per heavy atom. The Morgan fingerprint density at radius 1 is 0.964 bits per heavy atom. The van der Waals surface area contributed by atoms with E-state index in [1.54, 1.807) is 34.7 Å². The predicted octanol–water partition coefficient (Wildman–Crippen LogP) is 4.09. The fourth-order valence-electron chi connectivity index (χ4n) is 2.66. The van der Waals surface area contributed by atoms with Gasteiger partial charge in [-0.2, -0.15) is 0 Å². The van der Waals surface area contributed by atoms with Crippen LogP contribution in [0.5, 0.6) is 0 Å². The number of hydrogen-bond acceptors (Lipinski definition) is 5. The van der Waals surface area contributed by atoms with Gasteiger partial charge in [0.25, 0.3) is 0 Å². The summed E-state index contributed by atoms with van der Waals surface area (Å²) in [6.45, 7) is 9.03. The Kier molecular flexibility index (Phi) is 13.3. The van der Waals surface area contributed by atoms with Crippen LogP contribution < -0.4 is 10.6 Å². The number of esters is 1. The Balaban J connectivity index is 4.54. The third-order valence-electron chi connectivity index (χ3n) is 4.21. The van der Waals surface area contributed by atoms with E-state index in [1.807, 2.05) is 0 Å². The zero-order chi connectivity index (χ0) is 21.6. The van der Waals surface area contributed by atoms with E-state index in [9.17, 15) is 14.4 Å². The van der Waals surface area contributed by atoms with Crippen LogP contribution in [0, 0.1) is 0 Å². The highest BCUT2D eigenvalue weighted by atomic mass is 16.6. The van der Waals surface area contributed by atoms with Crippen LogP contribution in [0.1, 0.15) is 92.4 Å². The van der Waals surface area contributed by atoms with Crippen LogP contribution in [0.2, 0.25) is 0 Å². The summed E-state index contributed by atoms with van der Waals surface area (Å²) in [5.41, 5.74) is -0.630. The van der Waals surface area contributed by atoms with Crippen molar-refractivity contribution in [2.45, 2.75) is 110 Å². The minimum absolute atomic E-state index is 0.0204. The maximum absolute atomic E-state index is 12.4. The van der Waals surface area contributed by atoms with Crippen molar-refractivity contribution in [3.8, 4) is 0 Å². The molecule has 0 bridgehead atoms. The van der Waals surface area contributed by atoms with Gasteiger partial charge in [0.2, 0.25) is 5.91 Å². The van der Waals surface area contributed by atoms with Gasteiger partial charge in [-0.25, -0.2) is 9.59 Å². The summed E-state index contributed by atoms with van der Waals surface area (Å²) in [5.74, 6) is -0.502. The van der Waals surface area contributed by atoms with E-state index < -0.39 is 23.7 Å². The molecule has 164 valence electrons. The smallest absolute Gasteiger partial charge is 0.408 e. The average Bonchev–Trinajstić information content (AvgIpc) is 2.59. The van der Waals surface area contributed by atoms with Crippen LogP contribution in [0.15, 0.2) is 0 Å². The quantitative estimate of drug-likeness (QED) is 0.359. The van der Waals surface area contributed by atoms with Gasteiger partial charge in [0.1, 0.15) is 17.7 Å². The van der Waals surface area contributed by atoms with Crippen LogP contribution in [0.3, 0.4) is 0 Å². The number of rotatable bonds is 13. The SMILES string of the molecule is CCCCCCCC(CCCC(=O)NC)OC(=O)[C@H](C)NC(=O)OC(C)(C)C. The molecule has 0 aromatic heterocycles. The van der Waals surface area contributed by atoms with E-state index in [0.717, 1.165) is 19.3 Å². The Labute approximate surface area is 170 Å². The van der Waals surface area contributed by atoms with Gasteiger partial charge in [0.05, 0.1) is 0 Å². The second-order valence-corrected chi connectivity index (χ2v) is 8.20. The Bertz CT molecular complexity index is 474. The van der Waals surface area contributed by atoms with Crippen LogP contribution in [-0.4, -0.2) is 42.8 Å². The fraction of sp³-hybridized carbons (Fsp3) is 0.857. The molecule has 0 aliphatic carbocycles. The number of nitrogens with one attached hydrogen (secondary N) is 2. The molecule has 2 amide bonds. The van der Waals surface area contributed by atoms with Crippen molar-refractivity contribution >= 4 is 18.0 Å². The van der Waals surface area contributed by atoms with E-state index in [2.05, 4.69) is 17.6 Å². The topological polar surface area (TPSA) is 93.7 Å². The van der Waals surface area contributed by atoms with Gasteiger partial charge in [-0.15, -0.1) is 0 Å². The molecule has 28 heavy (non-hydrogen) atoms. The minimum Gasteiger partial charge on any atom is -0.461 e. The molecule has 1 unspecified atom stereocenters. The largest absolute Gasteiger partial charge is 0.461 e. The lowest BCUT2D eigenvalue weighted by Gasteiger charge is -2.23. The van der Waals surface area contributed by atoms with Gasteiger partial charge in [-0.3, -0.25) is 4.79 Å². The number of amides is 2. The number of hydrogen-bond donors (Lipinski definition) is 2. The molecule has 7 nitrogen and oxygen atoms in total. The number of carbonyl (C=O) groups is 3. The second-order valence-electron chi connectivity index (χ2n) is 8.20. The van der Waals surface area contributed by atoms with E-state index in [0.29, 0.717) is 19.3 Å². The highest BCUT2D eigenvalue weighted by molar-refractivity contribution is 5.81. The van der Waals surface area contributed by atoms with Crippen LogP contribution >= 0.6 is 0 Å². The minimum atomic E-state index is -0.795. The summed E-state index contributed by atoms with van der Waals surface area (Å²) in [7, 11) is 1.61. The molecule has 0 aromatic carbocycles. The van der Waals surface area contributed by atoms with Crippen molar-refractivity contribution in [1.82, 2.24) is 10.6 Å². The summed E-state index contributed by atoms with van der Waals surface area (Å²) in [6.07, 6.45) is 7.20. The van der Waals surface area contributed by atoms with E-state index in [-0.39, 0.29) is 12.0 Å². The lowest BCUT2D eigenvalue weighted by molar-refractivity contribution is -0.152. The molecule has 0 saturated carbocycles. The molecule has 0 rings (SSSR count). The van der Waals surface area contributed by atoms with Crippen molar-refractivity contribution in [3.05, 3.63) is 0 Å². The van der Waals surface area contributed by atoms with Gasteiger partial charge in [-0.1, -0.05) is 32.6 Å². The van der Waals surface area contributed by atoms with Crippen molar-refractivity contribution in [3.63, 3.8) is 0 Å². The normalized spacial score (nSPS) is 13.4. The van der Waals surface area contributed by atoms with Crippen molar-refractivity contribution < 1.29 is 23.9 Å². The van der Waals surface area contributed by atoms with Crippen LogP contribution in [-0.2, 0) is 19.1 Å². The monoisotopic (exact) mass is 400 g/mol. The fourth-order valence-corrected chi connectivity index (χ4v) is 2.66. The zero-order valence-electron chi connectivity index (χ0n) is 18.6. The molecule has 2 N–H and O–H groups in total.